The van der Waals surface area contributed by atoms with Gasteiger partial charge in [-0.1, -0.05) is 0 Å². The predicted molar refractivity (Wildman–Crippen MR) is 109 cm³/mol. The van der Waals surface area contributed by atoms with Crippen molar-refractivity contribution in [2.45, 2.75) is 91.4 Å². The third-order valence-corrected chi connectivity index (χ3v) is 25.0. The summed E-state index contributed by atoms with van der Waals surface area (Å²) in [6.07, 6.45) is 13.1. The number of rotatable bonds is 11. The summed E-state index contributed by atoms with van der Waals surface area (Å²) in [5.41, 5.74) is 0. The monoisotopic (exact) mass is 459 g/mol. The molecule has 1 fully saturated rings. The number of hydrogen-bond acceptors (Lipinski definition) is 3. The molecule has 0 atom stereocenters. The molecular weight excluding hydrogens is 421 g/mol. The molecule has 1 aromatic heterocycles. The van der Waals surface area contributed by atoms with Crippen molar-refractivity contribution in [3.05, 3.63) is 11.2 Å². The van der Waals surface area contributed by atoms with Crippen LogP contribution in [0, 0.1) is 0 Å². The molecule has 0 aliphatic carbocycles. The van der Waals surface area contributed by atoms with Crippen molar-refractivity contribution in [2.75, 3.05) is 13.2 Å². The fourth-order valence-electron chi connectivity index (χ4n) is 3.96. The van der Waals surface area contributed by atoms with E-state index in [-0.39, 0.29) is 0 Å². The Balaban J connectivity index is 2.20. The molecule has 4 heteroatoms. The van der Waals surface area contributed by atoms with Crippen LogP contribution in [0.5, 0.6) is 0 Å². The number of thiazole rings is 1. The van der Waals surface area contributed by atoms with Crippen molar-refractivity contribution >= 4 is 32.6 Å². The SMILES string of the molecule is CCC[CH2][Sn]([CH2]CCC)([CH2]CCC)[c]1cnc(C2CCOCC2)s1. The van der Waals surface area contributed by atoms with Gasteiger partial charge in [-0.15, -0.1) is 0 Å². The summed E-state index contributed by atoms with van der Waals surface area (Å²) in [5.74, 6) is 0.671. The summed E-state index contributed by atoms with van der Waals surface area (Å²) < 4.78 is 12.0. The molecule has 0 saturated carbocycles. The topological polar surface area (TPSA) is 22.1 Å². The van der Waals surface area contributed by atoms with Gasteiger partial charge in [-0.05, 0) is 0 Å². The molecule has 0 N–H and O–H groups in total. The first-order chi connectivity index (χ1) is 11.8. The minimum absolute atomic E-state index is 0.671. The van der Waals surface area contributed by atoms with Crippen LogP contribution in [0.15, 0.2) is 6.20 Å². The van der Waals surface area contributed by atoms with Crippen molar-refractivity contribution < 1.29 is 4.74 Å². The van der Waals surface area contributed by atoms with Crippen LogP contribution >= 0.6 is 11.3 Å². The Labute approximate surface area is 157 Å². The standard InChI is InChI=1S/C8H10NOS.3C4H9.Sn/c1-4-10-5-2-7(1)8-9-3-6-11-8;3*1-3-4-2;/h3,7H,1-2,4-5H2;3*1,3-4H2,2H3;. The Hall–Kier alpha value is 0.389. The zero-order chi connectivity index (χ0) is 17.3. The minimum atomic E-state index is -2.25. The number of unbranched alkanes of at least 4 members (excludes halogenated alkanes) is 3. The van der Waals surface area contributed by atoms with E-state index in [1.54, 1.807) is 16.2 Å². The van der Waals surface area contributed by atoms with Gasteiger partial charge in [0.05, 0.1) is 0 Å². The molecule has 138 valence electrons. The van der Waals surface area contributed by atoms with Gasteiger partial charge in [-0.2, -0.15) is 0 Å². The molecule has 1 aromatic rings. The third-order valence-electron chi connectivity index (χ3n) is 5.64. The Bertz CT molecular complexity index is 434. The molecule has 2 heterocycles. The second-order valence-electron chi connectivity index (χ2n) is 7.54. The molecule has 0 unspecified atom stereocenters. The molecule has 0 radical (unpaired) electrons. The first kappa shape index (κ1) is 20.7. The van der Waals surface area contributed by atoms with Gasteiger partial charge in [0.2, 0.25) is 0 Å². The average molecular weight is 458 g/mol. The summed E-state index contributed by atoms with van der Waals surface area (Å²) in [5, 5.41) is 1.43. The van der Waals surface area contributed by atoms with Crippen LogP contribution in [0.4, 0.5) is 0 Å². The fraction of sp³-hybridized carbons (Fsp3) is 0.850. The maximum atomic E-state index is 5.54. The van der Waals surface area contributed by atoms with E-state index in [1.165, 1.54) is 56.4 Å². The first-order valence-corrected chi connectivity index (χ1v) is 18.6. The number of ether oxygens (including phenoxy) is 1. The van der Waals surface area contributed by atoms with E-state index < -0.39 is 18.4 Å². The van der Waals surface area contributed by atoms with Crippen LogP contribution in [0.25, 0.3) is 0 Å². The number of hydrogen-bond donors (Lipinski definition) is 0. The van der Waals surface area contributed by atoms with E-state index in [4.69, 9.17) is 9.72 Å². The second-order valence-corrected chi connectivity index (χ2v) is 22.8. The van der Waals surface area contributed by atoms with E-state index in [9.17, 15) is 0 Å². The van der Waals surface area contributed by atoms with Crippen LogP contribution in [-0.2, 0) is 4.74 Å². The maximum absolute atomic E-state index is 5.54. The van der Waals surface area contributed by atoms with Crippen molar-refractivity contribution in [3.63, 3.8) is 0 Å². The van der Waals surface area contributed by atoms with Crippen molar-refractivity contribution in [3.8, 4) is 0 Å². The summed E-state index contributed by atoms with van der Waals surface area (Å²) in [7, 11) is 0. The van der Waals surface area contributed by atoms with E-state index >= 15 is 0 Å². The Morgan fingerprint density at radius 2 is 1.54 bits per heavy atom. The van der Waals surface area contributed by atoms with Crippen LogP contribution < -0.4 is 2.89 Å². The molecular formula is C20H37NOSSn. The molecule has 2 rings (SSSR count). The van der Waals surface area contributed by atoms with Gasteiger partial charge < -0.3 is 0 Å². The number of aromatic nitrogens is 1. The summed E-state index contributed by atoms with van der Waals surface area (Å²) in [4.78, 5) is 4.95. The first-order valence-electron chi connectivity index (χ1n) is 10.3. The van der Waals surface area contributed by atoms with Crippen LogP contribution in [-0.4, -0.2) is 36.6 Å². The normalized spacial score (nSPS) is 16.6. The quantitative estimate of drug-likeness (QED) is 0.375. The Morgan fingerprint density at radius 1 is 1.00 bits per heavy atom. The summed E-state index contributed by atoms with van der Waals surface area (Å²) in [6, 6.07) is 0. The Kier molecular flexibility index (Phi) is 9.64. The Morgan fingerprint density at radius 3 is 2.04 bits per heavy atom. The molecule has 0 bridgehead atoms. The van der Waals surface area contributed by atoms with Crippen LogP contribution in [0.2, 0.25) is 13.3 Å². The third kappa shape index (κ3) is 5.70. The van der Waals surface area contributed by atoms with Crippen molar-refractivity contribution in [2.24, 2.45) is 0 Å². The second kappa shape index (κ2) is 11.2. The van der Waals surface area contributed by atoms with Gasteiger partial charge in [0.1, 0.15) is 0 Å². The zero-order valence-electron chi connectivity index (χ0n) is 16.1. The van der Waals surface area contributed by atoms with E-state index in [0.717, 1.165) is 13.2 Å². The van der Waals surface area contributed by atoms with E-state index in [0.29, 0.717) is 5.92 Å². The zero-order valence-corrected chi connectivity index (χ0v) is 19.8. The molecule has 24 heavy (non-hydrogen) atoms. The van der Waals surface area contributed by atoms with Gasteiger partial charge >= 0.3 is 158 Å². The number of nitrogens with zero attached hydrogens (tertiary/aromatic N) is 1. The summed E-state index contributed by atoms with van der Waals surface area (Å²) in [6.45, 7) is 8.92. The van der Waals surface area contributed by atoms with Gasteiger partial charge in [0, 0.05) is 0 Å². The molecule has 1 aliphatic heterocycles. The van der Waals surface area contributed by atoms with Gasteiger partial charge in [0.15, 0.2) is 0 Å². The van der Waals surface area contributed by atoms with Crippen molar-refractivity contribution in [1.29, 1.82) is 0 Å². The molecule has 1 saturated heterocycles. The van der Waals surface area contributed by atoms with Crippen molar-refractivity contribution in [1.82, 2.24) is 4.98 Å². The van der Waals surface area contributed by atoms with Gasteiger partial charge in [0.25, 0.3) is 0 Å². The van der Waals surface area contributed by atoms with E-state index in [2.05, 4.69) is 38.3 Å². The molecule has 1 aliphatic rings. The molecule has 0 spiro atoms. The molecule has 2 nitrogen and oxygen atoms in total. The van der Waals surface area contributed by atoms with Gasteiger partial charge in [-0.3, -0.25) is 0 Å². The molecule has 0 amide bonds. The van der Waals surface area contributed by atoms with E-state index in [1.807, 2.05) is 0 Å². The summed E-state index contributed by atoms with van der Waals surface area (Å²) >= 11 is -0.121. The van der Waals surface area contributed by atoms with Crippen LogP contribution in [0.1, 0.15) is 83.1 Å². The van der Waals surface area contributed by atoms with Gasteiger partial charge in [-0.25, -0.2) is 0 Å². The predicted octanol–water partition coefficient (Wildman–Crippen LogP) is 6.09. The molecule has 0 aromatic carbocycles. The fourth-order valence-corrected chi connectivity index (χ4v) is 23.9. The average Bonchev–Trinajstić information content (AvgIpc) is 3.13. The van der Waals surface area contributed by atoms with Crippen LogP contribution in [0.3, 0.4) is 0 Å².